The topological polar surface area (TPSA) is 34.9 Å². The van der Waals surface area contributed by atoms with E-state index in [-0.39, 0.29) is 17.5 Å². The monoisotopic (exact) mass is 364 g/mol. The van der Waals surface area contributed by atoms with Gasteiger partial charge in [-0.2, -0.15) is 0 Å². The Morgan fingerprint density at radius 2 is 1.92 bits per heavy atom. The van der Waals surface area contributed by atoms with Crippen LogP contribution in [0, 0.1) is 12.3 Å². The lowest BCUT2D eigenvalue weighted by atomic mass is 9.86. The van der Waals surface area contributed by atoms with E-state index in [0.717, 1.165) is 34.6 Å². The molecule has 0 bridgehead atoms. The van der Waals surface area contributed by atoms with Gasteiger partial charge in [-0.3, -0.25) is 9.36 Å². The van der Waals surface area contributed by atoms with E-state index in [0.29, 0.717) is 5.39 Å². The number of fused-ring (bicyclic) bond motifs is 1. The Kier molecular flexibility index (Phi) is 5.02. The zero-order valence-corrected chi connectivity index (χ0v) is 16.6. The van der Waals surface area contributed by atoms with Gasteiger partial charge in [0.25, 0.3) is 5.56 Å². The zero-order chi connectivity index (χ0) is 18.9. The number of aryl methyl sites for hydroxylation is 1. The van der Waals surface area contributed by atoms with Crippen molar-refractivity contribution < 1.29 is 0 Å². The summed E-state index contributed by atoms with van der Waals surface area (Å²) in [5, 5.41) is 2.70. The molecule has 0 fully saturated rings. The summed E-state index contributed by atoms with van der Waals surface area (Å²) in [4.78, 5) is 18.7. The van der Waals surface area contributed by atoms with Gasteiger partial charge in [0.1, 0.15) is 10.7 Å². The van der Waals surface area contributed by atoms with Crippen LogP contribution in [0.3, 0.4) is 0 Å². The maximum Gasteiger partial charge on any atom is 0.263 e. The lowest BCUT2D eigenvalue weighted by Crippen LogP contribution is -2.24. The van der Waals surface area contributed by atoms with Crippen LogP contribution in [0.4, 0.5) is 0 Å². The second kappa shape index (κ2) is 7.09. The number of nitrogens with zero attached hydrogens (tertiary/aromatic N) is 2. The molecule has 3 aromatic rings. The summed E-state index contributed by atoms with van der Waals surface area (Å²) in [6.45, 7) is 8.92. The van der Waals surface area contributed by atoms with Gasteiger partial charge >= 0.3 is 0 Å². The molecule has 26 heavy (non-hydrogen) atoms. The fourth-order valence-corrected chi connectivity index (χ4v) is 4.05. The van der Waals surface area contributed by atoms with Crippen molar-refractivity contribution in [2.45, 2.75) is 52.5 Å². The molecule has 0 radical (unpaired) electrons. The minimum Gasteiger partial charge on any atom is -0.284 e. The van der Waals surface area contributed by atoms with Crippen LogP contribution in [0.2, 0.25) is 0 Å². The summed E-state index contributed by atoms with van der Waals surface area (Å²) in [6, 6.07) is 8.45. The molecule has 0 aliphatic rings. The third-order valence-electron chi connectivity index (χ3n) is 4.56. The average molecular weight is 365 g/mol. The Labute approximate surface area is 158 Å². The third-order valence-corrected chi connectivity index (χ3v) is 5.43. The van der Waals surface area contributed by atoms with Gasteiger partial charge in [-0.25, -0.2) is 4.98 Å². The molecule has 0 spiro atoms. The van der Waals surface area contributed by atoms with Crippen LogP contribution in [0.25, 0.3) is 21.3 Å². The zero-order valence-electron chi connectivity index (χ0n) is 15.8. The van der Waals surface area contributed by atoms with E-state index in [2.05, 4.69) is 57.9 Å². The lowest BCUT2D eigenvalue weighted by molar-refractivity contribution is 0.590. The first-order valence-corrected chi connectivity index (χ1v) is 9.80. The summed E-state index contributed by atoms with van der Waals surface area (Å²) in [5.41, 5.74) is 3.32. The Balaban J connectivity index is 2.18. The minimum absolute atomic E-state index is 0.0347. The molecule has 3 rings (SSSR count). The molecular weight excluding hydrogens is 340 g/mol. The van der Waals surface area contributed by atoms with Crippen molar-refractivity contribution in [2.24, 2.45) is 0 Å². The molecule has 0 unspecified atom stereocenters. The van der Waals surface area contributed by atoms with E-state index >= 15 is 0 Å². The van der Waals surface area contributed by atoms with Crippen LogP contribution in [-0.4, -0.2) is 9.55 Å². The van der Waals surface area contributed by atoms with E-state index in [4.69, 9.17) is 11.4 Å². The smallest absolute Gasteiger partial charge is 0.263 e. The van der Waals surface area contributed by atoms with Crippen molar-refractivity contribution in [2.75, 3.05) is 0 Å². The third kappa shape index (κ3) is 3.32. The van der Waals surface area contributed by atoms with E-state index in [1.165, 1.54) is 16.9 Å². The molecular formula is C22H24N2OS. The van der Waals surface area contributed by atoms with Gasteiger partial charge in [-0.1, -0.05) is 57.9 Å². The highest BCUT2D eigenvalue weighted by Crippen LogP contribution is 2.32. The Bertz CT molecular complexity index is 1030. The first kappa shape index (κ1) is 18.4. The highest BCUT2D eigenvalue weighted by atomic mass is 32.1. The molecule has 2 heterocycles. The lowest BCUT2D eigenvalue weighted by Gasteiger charge is -2.19. The first-order chi connectivity index (χ1) is 12.4. The molecule has 134 valence electrons. The molecule has 0 N–H and O–H groups in total. The highest BCUT2D eigenvalue weighted by Gasteiger charge is 2.18. The van der Waals surface area contributed by atoms with E-state index in [1.54, 1.807) is 4.57 Å². The second-order valence-electron chi connectivity index (χ2n) is 7.53. The number of thiophene rings is 1. The predicted molar refractivity (Wildman–Crippen MR) is 111 cm³/mol. The maximum atomic E-state index is 13.1. The average Bonchev–Trinajstić information content (AvgIpc) is 3.02. The molecule has 0 saturated heterocycles. The van der Waals surface area contributed by atoms with Crippen LogP contribution in [0.1, 0.15) is 45.5 Å². The number of aromatic nitrogens is 2. The predicted octanol–water partition coefficient (Wildman–Crippen LogP) is 5.01. The number of benzene rings is 1. The molecule has 3 nitrogen and oxygen atoms in total. The van der Waals surface area contributed by atoms with Gasteiger partial charge in [0.15, 0.2) is 0 Å². The second-order valence-corrected chi connectivity index (χ2v) is 8.39. The number of hydrogen-bond donors (Lipinski definition) is 0. The van der Waals surface area contributed by atoms with Gasteiger partial charge in [-0.15, -0.1) is 17.8 Å². The van der Waals surface area contributed by atoms with Crippen LogP contribution >= 0.6 is 11.3 Å². The fourth-order valence-electron chi connectivity index (χ4n) is 3.10. The maximum absolute atomic E-state index is 13.1. The molecule has 0 amide bonds. The van der Waals surface area contributed by atoms with Crippen molar-refractivity contribution in [3.63, 3.8) is 0 Å². The number of rotatable bonds is 4. The van der Waals surface area contributed by atoms with Crippen molar-refractivity contribution in [3.8, 4) is 23.5 Å². The van der Waals surface area contributed by atoms with Gasteiger partial charge in [0, 0.05) is 17.4 Å². The Morgan fingerprint density at radius 3 is 2.50 bits per heavy atom. The van der Waals surface area contributed by atoms with Crippen molar-refractivity contribution in [3.05, 3.63) is 51.4 Å². The molecule has 0 atom stereocenters. The molecule has 0 aliphatic carbocycles. The van der Waals surface area contributed by atoms with Crippen LogP contribution in [-0.2, 0) is 18.4 Å². The van der Waals surface area contributed by atoms with Gasteiger partial charge in [-0.05, 0) is 23.0 Å². The van der Waals surface area contributed by atoms with Crippen molar-refractivity contribution in [1.82, 2.24) is 9.55 Å². The van der Waals surface area contributed by atoms with Gasteiger partial charge in [0.05, 0.1) is 11.9 Å². The van der Waals surface area contributed by atoms with E-state index < -0.39 is 0 Å². The molecule has 0 saturated carbocycles. The first-order valence-electron chi connectivity index (χ1n) is 8.92. The highest BCUT2D eigenvalue weighted by molar-refractivity contribution is 7.17. The summed E-state index contributed by atoms with van der Waals surface area (Å²) in [5.74, 6) is 3.37. The SMILES string of the molecule is C#CCn1c(CCC)nc2scc(-c3ccc(C(C)(C)C)cc3)c2c1=O. The van der Waals surface area contributed by atoms with Crippen LogP contribution < -0.4 is 5.56 Å². The molecule has 4 heteroatoms. The van der Waals surface area contributed by atoms with Gasteiger partial charge in [0.2, 0.25) is 0 Å². The Hall–Kier alpha value is -2.38. The van der Waals surface area contributed by atoms with Crippen LogP contribution in [0.5, 0.6) is 0 Å². The summed E-state index contributed by atoms with van der Waals surface area (Å²) in [6.07, 6.45) is 7.16. The summed E-state index contributed by atoms with van der Waals surface area (Å²) in [7, 11) is 0. The van der Waals surface area contributed by atoms with Crippen molar-refractivity contribution >= 4 is 21.6 Å². The number of terminal acetylenes is 1. The minimum atomic E-state index is -0.0347. The van der Waals surface area contributed by atoms with E-state index in [1.807, 2.05) is 5.38 Å². The summed E-state index contributed by atoms with van der Waals surface area (Å²) >= 11 is 1.52. The quantitative estimate of drug-likeness (QED) is 0.610. The number of hydrogen-bond acceptors (Lipinski definition) is 3. The molecule has 1 aromatic carbocycles. The van der Waals surface area contributed by atoms with E-state index in [9.17, 15) is 4.79 Å². The van der Waals surface area contributed by atoms with Crippen molar-refractivity contribution in [1.29, 1.82) is 0 Å². The fraction of sp³-hybridized carbons (Fsp3) is 0.364. The normalized spacial score (nSPS) is 11.7. The van der Waals surface area contributed by atoms with Crippen LogP contribution in [0.15, 0.2) is 34.4 Å². The standard InChI is InChI=1S/C22H24N2OS/c1-6-8-18-23-20-19(21(25)24(18)13-7-2)17(14-26-20)15-9-11-16(12-10-15)22(3,4)5/h2,9-12,14H,6,8,13H2,1,3-5H3. The molecule has 0 aliphatic heterocycles. The summed E-state index contributed by atoms with van der Waals surface area (Å²) < 4.78 is 1.64. The molecule has 2 aromatic heterocycles. The Morgan fingerprint density at radius 1 is 1.23 bits per heavy atom. The largest absolute Gasteiger partial charge is 0.284 e. The van der Waals surface area contributed by atoms with Gasteiger partial charge < -0.3 is 0 Å².